The van der Waals surface area contributed by atoms with Crippen molar-refractivity contribution in [2.24, 2.45) is 0 Å². The highest BCUT2D eigenvalue weighted by molar-refractivity contribution is 5.99. The van der Waals surface area contributed by atoms with E-state index in [1.54, 1.807) is 0 Å². The Balaban J connectivity index is 3.01. The summed E-state index contributed by atoms with van der Waals surface area (Å²) in [6.45, 7) is 0. The fraction of sp³-hybridized carbons (Fsp3) is 0.400. The number of carbonyl (C=O) groups excluding carboxylic acids is 1. The van der Waals surface area contributed by atoms with Gasteiger partial charge in [0.15, 0.2) is 0 Å². The molecule has 0 saturated heterocycles. The third-order valence-corrected chi connectivity index (χ3v) is 2.17. The minimum atomic E-state index is -5.95. The molecule has 19 heavy (non-hydrogen) atoms. The maximum absolute atomic E-state index is 12.8. The van der Waals surface area contributed by atoms with Gasteiger partial charge in [-0.25, -0.2) is 0 Å². The van der Waals surface area contributed by atoms with E-state index < -0.39 is 18.0 Å². The summed E-state index contributed by atoms with van der Waals surface area (Å²) in [6.07, 6.45) is -3.65. The zero-order valence-corrected chi connectivity index (χ0v) is 9.92. The fourth-order valence-electron chi connectivity index (χ4n) is 1.20. The zero-order valence-electron chi connectivity index (χ0n) is 9.92. The van der Waals surface area contributed by atoms with E-state index >= 15 is 0 Å². The first-order valence-electron chi connectivity index (χ1n) is 4.94. The summed E-state index contributed by atoms with van der Waals surface area (Å²) in [6, 6.07) is 1.36. The second-order valence-corrected chi connectivity index (χ2v) is 3.81. The zero-order chi connectivity index (χ0) is 14.8. The lowest BCUT2D eigenvalue weighted by Crippen LogP contribution is -2.47. The Morgan fingerprint density at radius 1 is 1.26 bits per heavy atom. The van der Waals surface area contributed by atoms with Gasteiger partial charge in [0.25, 0.3) is 0 Å². The van der Waals surface area contributed by atoms with E-state index in [-0.39, 0.29) is 11.4 Å². The number of amides is 1. The molecule has 0 unspecified atom stereocenters. The number of rotatable bonds is 3. The molecule has 1 rings (SSSR count). The minimum Gasteiger partial charge on any atom is -0.376 e. The molecule has 1 aromatic rings. The molecule has 0 saturated carbocycles. The van der Waals surface area contributed by atoms with Crippen molar-refractivity contribution < 1.29 is 26.7 Å². The number of nitrogens with one attached hydrogen (secondary N) is 1. The van der Waals surface area contributed by atoms with Gasteiger partial charge in [0.1, 0.15) is 0 Å². The minimum absolute atomic E-state index is 0.235. The van der Waals surface area contributed by atoms with Crippen molar-refractivity contribution in [2.45, 2.75) is 12.1 Å². The number of nitrogens with zero attached hydrogens (tertiary/aromatic N) is 2. The molecular formula is C10H10F5N3O. The summed E-state index contributed by atoms with van der Waals surface area (Å²) < 4.78 is 61.6. The first-order valence-corrected chi connectivity index (χ1v) is 4.94. The number of anilines is 2. The lowest BCUT2D eigenvalue weighted by Gasteiger charge is -2.21. The van der Waals surface area contributed by atoms with Crippen LogP contribution < -0.4 is 10.2 Å². The summed E-state index contributed by atoms with van der Waals surface area (Å²) >= 11 is 0. The third kappa shape index (κ3) is 3.09. The predicted octanol–water partition coefficient (Wildman–Crippen LogP) is 2.28. The Morgan fingerprint density at radius 2 is 1.84 bits per heavy atom. The third-order valence-electron chi connectivity index (χ3n) is 2.17. The molecule has 0 bridgehead atoms. The fourth-order valence-corrected chi connectivity index (χ4v) is 1.20. The predicted molar refractivity (Wildman–Crippen MR) is 58.2 cm³/mol. The summed E-state index contributed by atoms with van der Waals surface area (Å²) in [7, 11) is 3.07. The summed E-state index contributed by atoms with van der Waals surface area (Å²) in [5.74, 6) is -7.91. The highest BCUT2D eigenvalue weighted by atomic mass is 19.4. The molecule has 0 aliphatic carbocycles. The number of halogens is 5. The molecule has 1 amide bonds. The maximum Gasteiger partial charge on any atom is 0.463 e. The maximum atomic E-state index is 12.8. The number of alkyl halides is 5. The Bertz CT molecular complexity index is 472. The van der Waals surface area contributed by atoms with Crippen LogP contribution in [0, 0.1) is 0 Å². The van der Waals surface area contributed by atoms with E-state index in [1.807, 2.05) is 0 Å². The van der Waals surface area contributed by atoms with Crippen LogP contribution in [-0.2, 0) is 4.79 Å². The standard InChI is InChI=1S/C10H10F5N3O/c1-18(2)7-3-4-16-5-6(7)17-8(19)9(11,12)10(13,14)15/h3-5H,1-2H3,(H,17,19). The molecule has 0 aliphatic rings. The summed E-state index contributed by atoms with van der Waals surface area (Å²) in [5.41, 5.74) is 0.0164. The lowest BCUT2D eigenvalue weighted by molar-refractivity contribution is -0.267. The van der Waals surface area contributed by atoms with Crippen LogP contribution in [0.3, 0.4) is 0 Å². The SMILES string of the molecule is CN(C)c1ccncc1NC(=O)C(F)(F)C(F)(F)F. The molecule has 1 heterocycles. The monoisotopic (exact) mass is 283 g/mol. The Labute approximate surface area is 105 Å². The van der Waals surface area contributed by atoms with Crippen molar-refractivity contribution in [1.29, 1.82) is 0 Å². The van der Waals surface area contributed by atoms with Gasteiger partial charge in [-0.15, -0.1) is 0 Å². The second kappa shape index (κ2) is 4.98. The van der Waals surface area contributed by atoms with Gasteiger partial charge in [0.05, 0.1) is 17.6 Å². The van der Waals surface area contributed by atoms with Crippen molar-refractivity contribution in [2.75, 3.05) is 24.3 Å². The Kier molecular flexibility index (Phi) is 3.97. The van der Waals surface area contributed by atoms with Crippen molar-refractivity contribution in [3.8, 4) is 0 Å². The normalized spacial score (nSPS) is 12.2. The molecule has 1 N–H and O–H groups in total. The molecule has 1 aromatic heterocycles. The topological polar surface area (TPSA) is 45.2 Å². The van der Waals surface area contributed by atoms with Crippen LogP contribution in [0.4, 0.5) is 33.3 Å². The number of pyridine rings is 1. The van der Waals surface area contributed by atoms with E-state index in [0.29, 0.717) is 0 Å². The van der Waals surface area contributed by atoms with Gasteiger partial charge in [-0.1, -0.05) is 0 Å². The van der Waals surface area contributed by atoms with Crippen LogP contribution in [0.25, 0.3) is 0 Å². The molecule has 0 atom stereocenters. The van der Waals surface area contributed by atoms with E-state index in [1.165, 1.54) is 36.6 Å². The number of hydrogen-bond donors (Lipinski definition) is 1. The first kappa shape index (κ1) is 15.1. The van der Waals surface area contributed by atoms with Crippen LogP contribution in [0.5, 0.6) is 0 Å². The molecule has 0 aliphatic heterocycles. The van der Waals surface area contributed by atoms with Gasteiger partial charge in [0.2, 0.25) is 0 Å². The Hall–Kier alpha value is -1.93. The number of aromatic nitrogens is 1. The summed E-state index contributed by atoms with van der Waals surface area (Å²) in [4.78, 5) is 16.0. The van der Waals surface area contributed by atoms with E-state index in [0.717, 1.165) is 6.20 Å². The van der Waals surface area contributed by atoms with E-state index in [4.69, 9.17) is 0 Å². The average molecular weight is 283 g/mol. The van der Waals surface area contributed by atoms with Crippen molar-refractivity contribution in [3.05, 3.63) is 18.5 Å². The summed E-state index contributed by atoms with van der Waals surface area (Å²) in [5, 5.41) is 1.53. The second-order valence-electron chi connectivity index (χ2n) is 3.81. The molecule has 4 nitrogen and oxygen atoms in total. The molecule has 9 heteroatoms. The van der Waals surface area contributed by atoms with Crippen LogP contribution in [0.1, 0.15) is 0 Å². The largest absolute Gasteiger partial charge is 0.463 e. The molecule has 0 spiro atoms. The number of hydrogen-bond acceptors (Lipinski definition) is 3. The van der Waals surface area contributed by atoms with Crippen LogP contribution in [0.15, 0.2) is 18.5 Å². The average Bonchev–Trinajstić information content (AvgIpc) is 2.27. The van der Waals surface area contributed by atoms with Gasteiger partial charge >= 0.3 is 18.0 Å². The van der Waals surface area contributed by atoms with Crippen molar-refractivity contribution in [1.82, 2.24) is 4.98 Å². The molecule has 0 aromatic carbocycles. The Morgan fingerprint density at radius 3 is 2.32 bits per heavy atom. The molecular weight excluding hydrogens is 273 g/mol. The van der Waals surface area contributed by atoms with E-state index in [2.05, 4.69) is 4.98 Å². The van der Waals surface area contributed by atoms with E-state index in [9.17, 15) is 26.7 Å². The van der Waals surface area contributed by atoms with Gasteiger partial charge < -0.3 is 10.2 Å². The van der Waals surface area contributed by atoms with Gasteiger partial charge in [0, 0.05) is 20.3 Å². The molecule has 106 valence electrons. The lowest BCUT2D eigenvalue weighted by atomic mass is 10.2. The molecule has 0 radical (unpaired) electrons. The van der Waals surface area contributed by atoms with Crippen molar-refractivity contribution >= 4 is 17.3 Å². The smallest absolute Gasteiger partial charge is 0.376 e. The number of carbonyl (C=O) groups is 1. The quantitative estimate of drug-likeness (QED) is 0.866. The highest BCUT2D eigenvalue weighted by Gasteiger charge is 2.63. The van der Waals surface area contributed by atoms with Crippen LogP contribution >= 0.6 is 0 Å². The highest BCUT2D eigenvalue weighted by Crippen LogP contribution is 2.36. The van der Waals surface area contributed by atoms with Crippen molar-refractivity contribution in [3.63, 3.8) is 0 Å². The van der Waals surface area contributed by atoms with Crippen LogP contribution in [0.2, 0.25) is 0 Å². The van der Waals surface area contributed by atoms with Gasteiger partial charge in [-0.2, -0.15) is 22.0 Å². The van der Waals surface area contributed by atoms with Gasteiger partial charge in [-0.05, 0) is 6.07 Å². The van der Waals surface area contributed by atoms with Gasteiger partial charge in [-0.3, -0.25) is 9.78 Å². The first-order chi connectivity index (χ1) is 8.57. The van der Waals surface area contributed by atoms with Crippen LogP contribution in [-0.4, -0.2) is 37.1 Å². The molecule has 0 fully saturated rings.